The van der Waals surface area contributed by atoms with E-state index in [1.165, 1.54) is 3.07 Å². The van der Waals surface area contributed by atoms with Crippen molar-refractivity contribution < 1.29 is 31.2 Å². The monoisotopic (exact) mass is 309 g/mol. The molecule has 0 aromatic heterocycles. The molecule has 43 valence electrons. The van der Waals surface area contributed by atoms with E-state index in [0.29, 0.717) is 31.9 Å². The van der Waals surface area contributed by atoms with Gasteiger partial charge in [0.25, 0.3) is 0 Å². The van der Waals surface area contributed by atoms with Crippen LogP contribution in [0.5, 0.6) is 5.75 Å². The first kappa shape index (κ1) is 7.07. The van der Waals surface area contributed by atoms with Crippen molar-refractivity contribution in [2.45, 2.75) is 6.92 Å². The summed E-state index contributed by atoms with van der Waals surface area (Å²) in [6.07, 6.45) is 0. The fourth-order valence-corrected chi connectivity index (χ4v) is 1.86. The molecule has 0 aliphatic heterocycles. The number of aromatic hydroxyl groups is 1. The van der Waals surface area contributed by atoms with E-state index in [2.05, 4.69) is 6.07 Å². The van der Waals surface area contributed by atoms with Crippen LogP contribution in [-0.2, 0) is 26.1 Å². The van der Waals surface area contributed by atoms with E-state index < -0.39 is 0 Å². The second-order valence-corrected chi connectivity index (χ2v) is 5.29. The second kappa shape index (κ2) is 2.69. The van der Waals surface area contributed by atoms with E-state index in [9.17, 15) is 0 Å². The minimum atomic E-state index is 0.433. The van der Waals surface area contributed by atoms with Gasteiger partial charge < -0.3 is 0 Å². The molecule has 0 spiro atoms. The molecular formula is C7H7HgO. The Kier molecular flexibility index (Phi) is 2.11. The molecule has 0 aliphatic rings. The average molecular weight is 308 g/mol. The van der Waals surface area contributed by atoms with E-state index in [0.717, 1.165) is 5.56 Å². The van der Waals surface area contributed by atoms with Gasteiger partial charge in [-0.1, -0.05) is 0 Å². The first-order valence-electron chi connectivity index (χ1n) is 2.82. The molecule has 0 unspecified atom stereocenters. The van der Waals surface area contributed by atoms with Gasteiger partial charge in [-0.25, -0.2) is 0 Å². The van der Waals surface area contributed by atoms with Gasteiger partial charge in [-0.2, -0.15) is 0 Å². The van der Waals surface area contributed by atoms with Crippen molar-refractivity contribution in [3.8, 4) is 5.75 Å². The molecule has 1 aromatic carbocycles. The van der Waals surface area contributed by atoms with Crippen LogP contribution < -0.4 is 3.07 Å². The quantitative estimate of drug-likeness (QED) is 0.705. The van der Waals surface area contributed by atoms with Gasteiger partial charge >= 0.3 is 70.7 Å². The third kappa shape index (κ3) is 1.68. The Morgan fingerprint density at radius 3 is 2.56 bits per heavy atom. The maximum absolute atomic E-state index is 9.13. The Labute approximate surface area is 70.7 Å². The minimum absolute atomic E-state index is 0.433. The summed E-state index contributed by atoms with van der Waals surface area (Å²) in [6, 6.07) is 5.87. The maximum atomic E-state index is 9.13. The summed E-state index contributed by atoms with van der Waals surface area (Å²) in [5.41, 5.74) is 0.962. The van der Waals surface area contributed by atoms with Gasteiger partial charge in [0.2, 0.25) is 0 Å². The van der Waals surface area contributed by atoms with Crippen molar-refractivity contribution in [1.82, 2.24) is 0 Å². The van der Waals surface area contributed by atoms with Gasteiger partial charge in [0.15, 0.2) is 0 Å². The Balaban J connectivity index is 3.17. The summed E-state index contributed by atoms with van der Waals surface area (Å²) in [6.45, 7) is 1.91. The van der Waals surface area contributed by atoms with Crippen molar-refractivity contribution in [2.24, 2.45) is 0 Å². The molecule has 0 fully saturated rings. The normalized spacial score (nSPS) is 9.67. The third-order valence-corrected chi connectivity index (χ3v) is 2.98. The van der Waals surface area contributed by atoms with Crippen LogP contribution in [0.25, 0.3) is 0 Å². The number of aryl methyl sites for hydroxylation is 1. The average Bonchev–Trinajstić information content (AvgIpc) is 1.80. The van der Waals surface area contributed by atoms with Crippen LogP contribution in [0.4, 0.5) is 0 Å². The van der Waals surface area contributed by atoms with Crippen LogP contribution >= 0.6 is 0 Å². The standard InChI is InChI=1S/C7H7O.Hg/c1-6-4-2-3-5-7(6)8;/h2,4-5,8H,1H3;. The summed E-state index contributed by atoms with van der Waals surface area (Å²) in [7, 11) is 0. The van der Waals surface area contributed by atoms with Crippen molar-refractivity contribution in [2.75, 3.05) is 0 Å². The number of hydrogen-bond acceptors (Lipinski definition) is 1. The van der Waals surface area contributed by atoms with Crippen LogP contribution in [-0.4, -0.2) is 5.11 Å². The molecular weight excluding hydrogens is 301 g/mol. The number of phenolic OH excluding ortho intramolecular Hbond substituents is 1. The predicted molar refractivity (Wildman–Crippen MR) is 32.5 cm³/mol. The molecule has 0 amide bonds. The van der Waals surface area contributed by atoms with Gasteiger partial charge in [-0.15, -0.1) is 0 Å². The predicted octanol–water partition coefficient (Wildman–Crippen LogP) is 0.873. The molecule has 2 heteroatoms. The molecule has 0 bridgehead atoms. The zero-order valence-electron chi connectivity index (χ0n) is 5.39. The molecule has 1 rings (SSSR count). The Hall–Kier alpha value is -0.0449. The molecule has 1 nitrogen and oxygen atoms in total. The number of phenols is 1. The zero-order chi connectivity index (χ0) is 6.85. The van der Waals surface area contributed by atoms with E-state index in [1.54, 1.807) is 0 Å². The fourth-order valence-electron chi connectivity index (χ4n) is 0.655. The molecule has 0 aliphatic carbocycles. The van der Waals surface area contributed by atoms with Crippen LogP contribution in [0.3, 0.4) is 0 Å². The summed E-state index contributed by atoms with van der Waals surface area (Å²) in [4.78, 5) is 0. The van der Waals surface area contributed by atoms with Crippen molar-refractivity contribution in [1.29, 1.82) is 0 Å². The van der Waals surface area contributed by atoms with Gasteiger partial charge in [0.1, 0.15) is 0 Å². The molecule has 0 saturated heterocycles. The number of hydrogen-bond donors (Lipinski definition) is 1. The number of benzene rings is 1. The summed E-state index contributed by atoms with van der Waals surface area (Å²) in [5, 5.41) is 9.13. The van der Waals surface area contributed by atoms with E-state index in [1.807, 2.05) is 19.1 Å². The molecule has 9 heavy (non-hydrogen) atoms. The topological polar surface area (TPSA) is 20.2 Å². The second-order valence-electron chi connectivity index (χ2n) is 2.12. The first-order chi connectivity index (χ1) is 4.20. The molecule has 0 radical (unpaired) electrons. The van der Waals surface area contributed by atoms with E-state index in [-0.39, 0.29) is 0 Å². The summed E-state index contributed by atoms with van der Waals surface area (Å²) >= 11 is 0.631. The van der Waals surface area contributed by atoms with Crippen molar-refractivity contribution in [3.05, 3.63) is 23.8 Å². The first-order valence-corrected chi connectivity index (χ1v) is 5.56. The van der Waals surface area contributed by atoms with Crippen LogP contribution in [0.1, 0.15) is 5.56 Å². The summed E-state index contributed by atoms with van der Waals surface area (Å²) in [5.74, 6) is 0.433. The van der Waals surface area contributed by atoms with Gasteiger partial charge in [-0.3, -0.25) is 0 Å². The molecule has 0 heterocycles. The van der Waals surface area contributed by atoms with Crippen molar-refractivity contribution >= 4 is 3.07 Å². The van der Waals surface area contributed by atoms with Gasteiger partial charge in [0, 0.05) is 0 Å². The Morgan fingerprint density at radius 1 is 1.44 bits per heavy atom. The molecule has 1 aromatic rings. The summed E-state index contributed by atoms with van der Waals surface area (Å²) < 4.78 is 1.29. The molecule has 1 N–H and O–H groups in total. The third-order valence-electron chi connectivity index (χ3n) is 1.27. The zero-order valence-corrected chi connectivity index (χ0v) is 10.9. The van der Waals surface area contributed by atoms with Crippen LogP contribution in [0.15, 0.2) is 18.2 Å². The van der Waals surface area contributed by atoms with Crippen molar-refractivity contribution in [3.63, 3.8) is 0 Å². The Morgan fingerprint density at radius 2 is 2.11 bits per heavy atom. The fraction of sp³-hybridized carbons (Fsp3) is 0.143. The number of rotatable bonds is 0. The van der Waals surface area contributed by atoms with Crippen LogP contribution in [0.2, 0.25) is 0 Å². The van der Waals surface area contributed by atoms with E-state index in [4.69, 9.17) is 5.11 Å². The molecule has 0 atom stereocenters. The Bertz CT molecular complexity index is 220. The molecule has 0 saturated carbocycles. The SMILES string of the molecule is Cc1cc[c]([Hg])cc1O. The van der Waals surface area contributed by atoms with Crippen LogP contribution in [0, 0.1) is 6.92 Å². The van der Waals surface area contributed by atoms with E-state index >= 15 is 0 Å². The van der Waals surface area contributed by atoms with Gasteiger partial charge in [-0.05, 0) is 0 Å². The van der Waals surface area contributed by atoms with Gasteiger partial charge in [0.05, 0.1) is 0 Å².